The molecule has 5 heteroatoms. The second-order valence-corrected chi connectivity index (χ2v) is 4.97. The Morgan fingerprint density at radius 3 is 2.89 bits per heavy atom. The predicted octanol–water partition coefficient (Wildman–Crippen LogP) is 1.02. The van der Waals surface area contributed by atoms with Gasteiger partial charge in [0, 0.05) is 38.1 Å². The topological polar surface area (TPSA) is 56.1 Å². The van der Waals surface area contributed by atoms with Gasteiger partial charge in [0.1, 0.15) is 6.07 Å². The van der Waals surface area contributed by atoms with Gasteiger partial charge < -0.3 is 4.90 Å². The molecule has 0 radical (unpaired) electrons. The first-order chi connectivity index (χ1) is 8.88. The molecule has 1 aromatic heterocycles. The van der Waals surface area contributed by atoms with Gasteiger partial charge in [0.05, 0.1) is 0 Å². The minimum absolute atomic E-state index is 0.448. The molecule has 0 bridgehead atoms. The van der Waals surface area contributed by atoms with Crippen LogP contribution in [-0.4, -0.2) is 47.1 Å². The summed E-state index contributed by atoms with van der Waals surface area (Å²) in [6.45, 7) is 4.35. The fourth-order valence-electron chi connectivity index (χ4n) is 3.04. The van der Waals surface area contributed by atoms with E-state index in [0.29, 0.717) is 11.7 Å². The molecule has 0 aromatic carbocycles. The van der Waals surface area contributed by atoms with Gasteiger partial charge in [-0.2, -0.15) is 5.26 Å². The molecule has 3 heterocycles. The zero-order valence-corrected chi connectivity index (χ0v) is 10.4. The van der Waals surface area contributed by atoms with Crippen molar-refractivity contribution in [1.82, 2.24) is 14.9 Å². The molecule has 0 amide bonds. The van der Waals surface area contributed by atoms with Crippen molar-refractivity contribution in [3.63, 3.8) is 0 Å². The van der Waals surface area contributed by atoms with E-state index in [-0.39, 0.29) is 0 Å². The van der Waals surface area contributed by atoms with Gasteiger partial charge in [-0.05, 0) is 25.8 Å². The summed E-state index contributed by atoms with van der Waals surface area (Å²) >= 11 is 0. The largest absolute Gasteiger partial charge is 0.353 e. The van der Waals surface area contributed by atoms with Gasteiger partial charge >= 0.3 is 0 Å². The van der Waals surface area contributed by atoms with Crippen LogP contribution in [0.1, 0.15) is 25.0 Å². The summed E-state index contributed by atoms with van der Waals surface area (Å²) in [7, 11) is 0. The van der Waals surface area contributed by atoms with Gasteiger partial charge in [-0.15, -0.1) is 0 Å². The molecule has 0 aliphatic carbocycles. The Labute approximate surface area is 107 Å². The summed E-state index contributed by atoms with van der Waals surface area (Å²) in [6.07, 6.45) is 6.95. The van der Waals surface area contributed by atoms with Crippen molar-refractivity contribution in [3.05, 3.63) is 18.1 Å². The lowest BCUT2D eigenvalue weighted by Crippen LogP contribution is -2.37. The maximum atomic E-state index is 9.12. The lowest BCUT2D eigenvalue weighted by molar-refractivity contribution is 0.273. The van der Waals surface area contributed by atoms with Crippen molar-refractivity contribution in [2.45, 2.75) is 25.3 Å². The second-order valence-electron chi connectivity index (χ2n) is 4.97. The Morgan fingerprint density at radius 1 is 1.17 bits per heavy atom. The van der Waals surface area contributed by atoms with E-state index in [1.807, 2.05) is 0 Å². The lowest BCUT2D eigenvalue weighted by Gasteiger charge is -2.26. The molecule has 1 unspecified atom stereocenters. The van der Waals surface area contributed by atoms with Crippen molar-refractivity contribution in [2.75, 3.05) is 31.1 Å². The van der Waals surface area contributed by atoms with Crippen LogP contribution in [0.4, 0.5) is 5.82 Å². The highest BCUT2D eigenvalue weighted by atomic mass is 15.3. The molecule has 94 valence electrons. The van der Waals surface area contributed by atoms with Gasteiger partial charge in [0.2, 0.25) is 0 Å². The summed E-state index contributed by atoms with van der Waals surface area (Å²) in [4.78, 5) is 13.3. The van der Waals surface area contributed by atoms with E-state index in [4.69, 9.17) is 5.26 Å². The van der Waals surface area contributed by atoms with Crippen molar-refractivity contribution in [3.8, 4) is 6.07 Å². The smallest absolute Gasteiger partial charge is 0.183 e. The fraction of sp³-hybridized carbons (Fsp3) is 0.615. The molecule has 3 rings (SSSR count). The van der Waals surface area contributed by atoms with E-state index in [1.165, 1.54) is 25.9 Å². The quantitative estimate of drug-likeness (QED) is 0.737. The number of aromatic nitrogens is 2. The summed E-state index contributed by atoms with van der Waals surface area (Å²) in [5, 5.41) is 9.12. The maximum Gasteiger partial charge on any atom is 0.183 e. The fourth-order valence-corrected chi connectivity index (χ4v) is 3.04. The van der Waals surface area contributed by atoms with Crippen LogP contribution in [0.5, 0.6) is 0 Å². The number of fused-ring (bicyclic) bond motifs is 1. The molecule has 0 saturated carbocycles. The highest BCUT2D eigenvalue weighted by Gasteiger charge is 2.29. The number of hydrogen-bond acceptors (Lipinski definition) is 5. The van der Waals surface area contributed by atoms with Crippen LogP contribution in [0, 0.1) is 11.3 Å². The molecule has 5 nitrogen and oxygen atoms in total. The number of nitrogens with zero attached hydrogens (tertiary/aromatic N) is 5. The van der Waals surface area contributed by atoms with Crippen LogP contribution >= 0.6 is 0 Å². The van der Waals surface area contributed by atoms with Gasteiger partial charge in [-0.3, -0.25) is 4.90 Å². The van der Waals surface area contributed by atoms with E-state index >= 15 is 0 Å². The van der Waals surface area contributed by atoms with Crippen LogP contribution in [0.2, 0.25) is 0 Å². The van der Waals surface area contributed by atoms with Crippen molar-refractivity contribution < 1.29 is 0 Å². The number of nitriles is 1. The maximum absolute atomic E-state index is 9.12. The summed E-state index contributed by atoms with van der Waals surface area (Å²) in [5.74, 6) is 0.758. The third-order valence-electron chi connectivity index (χ3n) is 3.89. The van der Waals surface area contributed by atoms with Crippen LogP contribution < -0.4 is 4.90 Å². The number of hydrogen-bond donors (Lipinski definition) is 0. The molecule has 0 spiro atoms. The van der Waals surface area contributed by atoms with Crippen LogP contribution in [0.25, 0.3) is 0 Å². The average Bonchev–Trinajstić information content (AvgIpc) is 2.76. The third kappa shape index (κ3) is 2.04. The van der Waals surface area contributed by atoms with Gasteiger partial charge in [-0.25, -0.2) is 9.97 Å². The van der Waals surface area contributed by atoms with E-state index in [9.17, 15) is 0 Å². The first kappa shape index (κ1) is 11.4. The molecule has 2 saturated heterocycles. The van der Waals surface area contributed by atoms with Crippen molar-refractivity contribution in [2.24, 2.45) is 0 Å². The number of rotatable bonds is 1. The van der Waals surface area contributed by atoms with Crippen molar-refractivity contribution >= 4 is 5.82 Å². The molecule has 2 aliphatic rings. The van der Waals surface area contributed by atoms with Crippen molar-refractivity contribution in [1.29, 1.82) is 5.26 Å². The molecular formula is C13H17N5. The zero-order valence-electron chi connectivity index (χ0n) is 10.4. The highest BCUT2D eigenvalue weighted by Crippen LogP contribution is 2.24. The Kier molecular flexibility index (Phi) is 3.11. The Balaban J connectivity index is 1.85. The second kappa shape index (κ2) is 4.91. The summed E-state index contributed by atoms with van der Waals surface area (Å²) < 4.78 is 0. The standard InChI is InChI=1S/C13H17N5/c14-9-12-13(16-5-4-15-12)18-8-2-7-17-6-1-3-11(17)10-18/h4-5,11H,1-3,6-8,10H2. The number of anilines is 1. The third-order valence-corrected chi connectivity index (χ3v) is 3.89. The zero-order chi connectivity index (χ0) is 12.4. The molecule has 0 N–H and O–H groups in total. The highest BCUT2D eigenvalue weighted by molar-refractivity contribution is 5.49. The van der Waals surface area contributed by atoms with E-state index in [1.54, 1.807) is 12.4 Å². The Morgan fingerprint density at radius 2 is 2.00 bits per heavy atom. The summed E-state index contributed by atoms with van der Waals surface area (Å²) in [6, 6.07) is 2.77. The Bertz CT molecular complexity index is 467. The minimum atomic E-state index is 0.448. The lowest BCUT2D eigenvalue weighted by atomic mass is 10.2. The molecule has 18 heavy (non-hydrogen) atoms. The van der Waals surface area contributed by atoms with E-state index < -0.39 is 0 Å². The predicted molar refractivity (Wildman–Crippen MR) is 68.2 cm³/mol. The van der Waals surface area contributed by atoms with Gasteiger partial charge in [-0.1, -0.05) is 0 Å². The molecule has 1 atom stereocenters. The molecule has 2 aliphatic heterocycles. The SMILES string of the molecule is N#Cc1nccnc1N1CCCN2CCCC2C1. The van der Waals surface area contributed by atoms with Gasteiger partial charge in [0.15, 0.2) is 11.5 Å². The molecular weight excluding hydrogens is 226 g/mol. The normalized spacial score (nSPS) is 24.4. The Hall–Kier alpha value is -1.67. The first-order valence-corrected chi connectivity index (χ1v) is 6.58. The average molecular weight is 243 g/mol. The molecule has 1 aromatic rings. The first-order valence-electron chi connectivity index (χ1n) is 6.58. The van der Waals surface area contributed by atoms with Crippen LogP contribution in [0.15, 0.2) is 12.4 Å². The minimum Gasteiger partial charge on any atom is -0.353 e. The van der Waals surface area contributed by atoms with Crippen LogP contribution in [0.3, 0.4) is 0 Å². The van der Waals surface area contributed by atoms with E-state index in [0.717, 1.165) is 25.3 Å². The van der Waals surface area contributed by atoms with Crippen LogP contribution in [-0.2, 0) is 0 Å². The monoisotopic (exact) mass is 243 g/mol. The van der Waals surface area contributed by atoms with E-state index in [2.05, 4.69) is 25.8 Å². The van der Waals surface area contributed by atoms with Gasteiger partial charge in [0.25, 0.3) is 0 Å². The summed E-state index contributed by atoms with van der Waals surface area (Å²) in [5.41, 5.74) is 0.448. The molecule has 2 fully saturated rings.